The largest absolute Gasteiger partial charge is 0.444 e. The molecule has 2 aromatic carbocycles. The Hall–Kier alpha value is -2.79. The third kappa shape index (κ3) is 6.95. The van der Waals surface area contributed by atoms with Crippen molar-refractivity contribution in [2.24, 2.45) is 0 Å². The van der Waals surface area contributed by atoms with Gasteiger partial charge in [0.1, 0.15) is 5.60 Å². The average Bonchev–Trinajstić information content (AvgIpc) is 3.15. The van der Waals surface area contributed by atoms with Crippen LogP contribution >= 0.6 is 0 Å². The molecule has 204 valence electrons. The number of halogens is 6. The van der Waals surface area contributed by atoms with Crippen molar-refractivity contribution in [3.63, 3.8) is 0 Å². The molecule has 5 nitrogen and oxygen atoms in total. The molecule has 1 amide bonds. The van der Waals surface area contributed by atoms with E-state index in [1.807, 2.05) is 0 Å². The number of hydrogen-bond acceptors (Lipinski definition) is 4. The second-order valence-corrected chi connectivity index (χ2v) is 9.98. The van der Waals surface area contributed by atoms with Crippen LogP contribution in [0.3, 0.4) is 0 Å². The Labute approximate surface area is 211 Å². The molecule has 0 spiro atoms. The predicted octanol–water partition coefficient (Wildman–Crippen LogP) is 6.57. The number of aliphatic hydroxyl groups excluding tert-OH is 1. The molecule has 0 unspecified atom stereocenters. The molecule has 1 aliphatic rings. The number of aliphatic hydroxyl groups is 1. The number of rotatable bonds is 5. The number of alkyl halides is 6. The van der Waals surface area contributed by atoms with Crippen molar-refractivity contribution >= 4 is 6.09 Å². The van der Waals surface area contributed by atoms with Gasteiger partial charge in [0.2, 0.25) is 0 Å². The number of benzene rings is 2. The molecule has 0 bridgehead atoms. The summed E-state index contributed by atoms with van der Waals surface area (Å²) in [4.78, 5) is 14.2. The molecule has 0 saturated carbocycles. The van der Waals surface area contributed by atoms with Gasteiger partial charge in [-0.15, -0.1) is 0 Å². The molecule has 4 atom stereocenters. The van der Waals surface area contributed by atoms with Crippen LogP contribution in [0, 0.1) is 0 Å². The SMILES string of the molecule is C[C@@H](O[C@H]1CN(C(=O)OC(C)(C)C)[C@@H](CO)[C@@H]1c1ccccc1)c1cc(C(F)(F)F)cc(C(F)(F)F)c1. The highest BCUT2D eigenvalue weighted by atomic mass is 19.4. The van der Waals surface area contributed by atoms with Gasteiger partial charge in [-0.1, -0.05) is 30.3 Å². The molecule has 0 aromatic heterocycles. The first-order chi connectivity index (χ1) is 17.0. The lowest BCUT2D eigenvalue weighted by Gasteiger charge is -2.29. The van der Waals surface area contributed by atoms with E-state index in [0.717, 1.165) is 0 Å². The molecule has 1 aliphatic heterocycles. The van der Waals surface area contributed by atoms with Gasteiger partial charge in [0.05, 0.1) is 42.5 Å². The van der Waals surface area contributed by atoms with Gasteiger partial charge in [0, 0.05) is 5.92 Å². The minimum Gasteiger partial charge on any atom is -0.444 e. The summed E-state index contributed by atoms with van der Waals surface area (Å²) in [6.45, 7) is 5.81. The van der Waals surface area contributed by atoms with Crippen LogP contribution in [0.4, 0.5) is 31.1 Å². The topological polar surface area (TPSA) is 59.0 Å². The molecule has 1 saturated heterocycles. The summed E-state index contributed by atoms with van der Waals surface area (Å²) in [6, 6.07) is 9.26. The van der Waals surface area contributed by atoms with Crippen molar-refractivity contribution in [3.8, 4) is 0 Å². The summed E-state index contributed by atoms with van der Waals surface area (Å²) < 4.78 is 91.7. The van der Waals surface area contributed by atoms with Gasteiger partial charge in [-0.3, -0.25) is 4.90 Å². The molecule has 1 heterocycles. The summed E-state index contributed by atoms with van der Waals surface area (Å²) >= 11 is 0. The fourth-order valence-electron chi connectivity index (χ4n) is 4.42. The van der Waals surface area contributed by atoms with E-state index in [9.17, 15) is 36.2 Å². The lowest BCUT2D eigenvalue weighted by molar-refractivity contribution is -0.143. The van der Waals surface area contributed by atoms with E-state index in [1.54, 1.807) is 51.1 Å². The van der Waals surface area contributed by atoms with E-state index in [-0.39, 0.29) is 18.2 Å². The summed E-state index contributed by atoms with van der Waals surface area (Å²) in [5, 5.41) is 10.2. The predicted molar refractivity (Wildman–Crippen MR) is 123 cm³/mol. The third-order valence-corrected chi connectivity index (χ3v) is 6.05. The number of likely N-dealkylation sites (tertiary alicyclic amines) is 1. The number of ether oxygens (including phenoxy) is 2. The van der Waals surface area contributed by atoms with Gasteiger partial charge in [-0.25, -0.2) is 4.79 Å². The van der Waals surface area contributed by atoms with Crippen LogP contribution in [-0.2, 0) is 21.8 Å². The van der Waals surface area contributed by atoms with E-state index < -0.39 is 65.9 Å². The fraction of sp³-hybridized carbons (Fsp3) is 0.500. The van der Waals surface area contributed by atoms with Gasteiger partial charge in [-0.05, 0) is 57.0 Å². The Bertz CT molecular complexity index is 1050. The molecule has 1 N–H and O–H groups in total. The highest BCUT2D eigenvalue weighted by molar-refractivity contribution is 5.69. The smallest absolute Gasteiger partial charge is 0.416 e. The lowest BCUT2D eigenvalue weighted by Crippen LogP contribution is -2.42. The summed E-state index contributed by atoms with van der Waals surface area (Å²) in [5.41, 5.74) is -3.35. The quantitative estimate of drug-likeness (QED) is 0.442. The maximum absolute atomic E-state index is 13.4. The molecule has 2 aromatic rings. The van der Waals surface area contributed by atoms with Crippen molar-refractivity contribution in [2.45, 2.75) is 69.8 Å². The fourth-order valence-corrected chi connectivity index (χ4v) is 4.42. The normalized spacial score (nSPS) is 21.7. The van der Waals surface area contributed by atoms with Gasteiger partial charge in [0.15, 0.2) is 0 Å². The Morgan fingerprint density at radius 3 is 2.00 bits per heavy atom. The monoisotopic (exact) mass is 533 g/mol. The number of carbonyl (C=O) groups is 1. The van der Waals surface area contributed by atoms with Gasteiger partial charge in [0.25, 0.3) is 0 Å². The van der Waals surface area contributed by atoms with Crippen molar-refractivity contribution in [1.82, 2.24) is 4.90 Å². The molecule has 0 radical (unpaired) electrons. The van der Waals surface area contributed by atoms with Crippen LogP contribution in [0.15, 0.2) is 48.5 Å². The first-order valence-electron chi connectivity index (χ1n) is 11.6. The maximum Gasteiger partial charge on any atom is 0.416 e. The zero-order valence-electron chi connectivity index (χ0n) is 20.7. The first-order valence-corrected chi connectivity index (χ1v) is 11.6. The zero-order valence-corrected chi connectivity index (χ0v) is 20.7. The molecular weight excluding hydrogens is 504 g/mol. The number of nitrogens with zero attached hydrogens (tertiary/aromatic N) is 1. The summed E-state index contributed by atoms with van der Waals surface area (Å²) in [6.07, 6.45) is -12.8. The lowest BCUT2D eigenvalue weighted by atomic mass is 9.90. The molecule has 1 fully saturated rings. The minimum absolute atomic E-state index is 0.0601. The number of amides is 1. The molecule has 37 heavy (non-hydrogen) atoms. The Morgan fingerprint density at radius 2 is 1.54 bits per heavy atom. The van der Waals surface area contributed by atoms with Crippen molar-refractivity contribution in [3.05, 3.63) is 70.8 Å². The Morgan fingerprint density at radius 1 is 1.00 bits per heavy atom. The second-order valence-electron chi connectivity index (χ2n) is 9.98. The Balaban J connectivity index is 1.99. The van der Waals surface area contributed by atoms with Crippen molar-refractivity contribution in [2.75, 3.05) is 13.2 Å². The van der Waals surface area contributed by atoms with Crippen LogP contribution in [0.1, 0.15) is 62.0 Å². The minimum atomic E-state index is -4.99. The Kier molecular flexibility index (Phi) is 8.19. The van der Waals surface area contributed by atoms with E-state index in [2.05, 4.69) is 0 Å². The van der Waals surface area contributed by atoms with E-state index in [0.29, 0.717) is 17.7 Å². The summed E-state index contributed by atoms with van der Waals surface area (Å²) in [7, 11) is 0. The van der Waals surface area contributed by atoms with Crippen LogP contribution in [-0.4, -0.2) is 47.0 Å². The van der Waals surface area contributed by atoms with Crippen LogP contribution in [0.2, 0.25) is 0 Å². The highest BCUT2D eigenvalue weighted by Crippen LogP contribution is 2.41. The average molecular weight is 534 g/mol. The maximum atomic E-state index is 13.4. The number of hydrogen-bond donors (Lipinski definition) is 1. The molecule has 11 heteroatoms. The molecular formula is C26H29F6NO4. The standard InChI is InChI=1S/C26H29F6NO4/c1-15(17-10-18(25(27,28)29)12-19(11-17)26(30,31)32)36-21-13-33(23(35)37-24(2,3)4)20(14-34)22(21)16-8-6-5-7-9-16/h5-12,15,20-22,34H,13-14H2,1-4H3/t15-,20+,21+,22+/m1/s1. The molecule has 0 aliphatic carbocycles. The van der Waals surface area contributed by atoms with Crippen LogP contribution in [0.25, 0.3) is 0 Å². The third-order valence-electron chi connectivity index (χ3n) is 6.05. The van der Waals surface area contributed by atoms with Gasteiger partial charge in [-0.2, -0.15) is 26.3 Å². The van der Waals surface area contributed by atoms with Gasteiger partial charge < -0.3 is 14.6 Å². The zero-order chi connectivity index (χ0) is 27.8. The van der Waals surface area contributed by atoms with E-state index >= 15 is 0 Å². The van der Waals surface area contributed by atoms with Gasteiger partial charge >= 0.3 is 18.4 Å². The van der Waals surface area contributed by atoms with Crippen LogP contribution < -0.4 is 0 Å². The van der Waals surface area contributed by atoms with Crippen molar-refractivity contribution < 1.29 is 45.7 Å². The first kappa shape index (κ1) is 28.8. The van der Waals surface area contributed by atoms with Crippen molar-refractivity contribution in [1.29, 1.82) is 0 Å². The van der Waals surface area contributed by atoms with E-state index in [4.69, 9.17) is 9.47 Å². The van der Waals surface area contributed by atoms with E-state index in [1.165, 1.54) is 11.8 Å². The highest BCUT2D eigenvalue weighted by Gasteiger charge is 2.47. The molecule has 3 rings (SSSR count). The summed E-state index contributed by atoms with van der Waals surface area (Å²) in [5.74, 6) is -0.617. The van der Waals surface area contributed by atoms with Crippen LogP contribution in [0.5, 0.6) is 0 Å². The second kappa shape index (κ2) is 10.5. The number of carbonyl (C=O) groups excluding carboxylic acids is 1.